The van der Waals surface area contributed by atoms with Gasteiger partial charge in [0.15, 0.2) is 0 Å². The van der Waals surface area contributed by atoms with E-state index < -0.39 is 23.7 Å². The highest BCUT2D eigenvalue weighted by atomic mass is 19.4. The number of para-hydroxylation sites is 1. The minimum absolute atomic E-state index is 0.00267. The molecule has 0 heterocycles. The lowest BCUT2D eigenvalue weighted by Gasteiger charge is -2.20. The van der Waals surface area contributed by atoms with Gasteiger partial charge in [0.25, 0.3) is 0 Å². The number of carbonyl (C=O) groups excluding carboxylic acids is 1. The predicted octanol–water partition coefficient (Wildman–Crippen LogP) is 2.77. The molecule has 0 spiro atoms. The van der Waals surface area contributed by atoms with Crippen LogP contribution in [0.25, 0.3) is 0 Å². The van der Waals surface area contributed by atoms with Crippen molar-refractivity contribution in [2.24, 2.45) is 5.73 Å². The lowest BCUT2D eigenvalue weighted by Crippen LogP contribution is -2.27. The van der Waals surface area contributed by atoms with E-state index in [-0.39, 0.29) is 12.1 Å². The van der Waals surface area contributed by atoms with Crippen molar-refractivity contribution in [3.05, 3.63) is 29.8 Å². The van der Waals surface area contributed by atoms with Gasteiger partial charge in [0.05, 0.1) is 5.56 Å². The fourth-order valence-electron chi connectivity index (χ4n) is 1.62. The maximum Gasteiger partial charge on any atom is 0.418 e. The predicted molar refractivity (Wildman–Crippen MR) is 63.0 cm³/mol. The van der Waals surface area contributed by atoms with Gasteiger partial charge in [0.2, 0.25) is 5.91 Å². The average molecular weight is 260 g/mol. The molecule has 3 nitrogen and oxygen atoms in total. The normalized spacial score (nSPS) is 13.1. The van der Waals surface area contributed by atoms with Crippen LogP contribution in [0.1, 0.15) is 25.3 Å². The molecule has 0 aliphatic heterocycles. The molecule has 0 aromatic heterocycles. The van der Waals surface area contributed by atoms with E-state index in [1.165, 1.54) is 18.2 Å². The molecule has 1 aromatic carbocycles. The lowest BCUT2D eigenvalue weighted by atomic mass is 10.1. The topological polar surface area (TPSA) is 55.1 Å². The molecule has 0 bridgehead atoms. The number of anilines is 1. The van der Waals surface area contributed by atoms with Crippen molar-refractivity contribution in [2.75, 3.05) is 5.32 Å². The Morgan fingerprint density at radius 3 is 2.50 bits per heavy atom. The first-order chi connectivity index (χ1) is 8.34. The van der Waals surface area contributed by atoms with E-state index >= 15 is 0 Å². The number of benzene rings is 1. The van der Waals surface area contributed by atoms with Crippen molar-refractivity contribution in [2.45, 2.75) is 32.0 Å². The van der Waals surface area contributed by atoms with Gasteiger partial charge in [0.1, 0.15) is 0 Å². The zero-order valence-corrected chi connectivity index (χ0v) is 9.92. The fourth-order valence-corrected chi connectivity index (χ4v) is 1.62. The average Bonchev–Trinajstić information content (AvgIpc) is 2.26. The summed E-state index contributed by atoms with van der Waals surface area (Å²) in [7, 11) is 0. The molecule has 100 valence electrons. The number of hydrogen-bond acceptors (Lipinski definition) is 2. The molecule has 0 unspecified atom stereocenters. The van der Waals surface area contributed by atoms with Crippen LogP contribution in [-0.2, 0) is 11.0 Å². The standard InChI is InChI=1S/C12H15F3N2O/c1-2-8(7-11(16)18)17-10-6-4-3-5-9(10)12(13,14)15/h3-6,8,17H,2,7H2,1H3,(H2,16,18)/t8-/m0/s1. The van der Waals surface area contributed by atoms with Crippen LogP contribution in [0.2, 0.25) is 0 Å². The molecule has 0 fully saturated rings. The van der Waals surface area contributed by atoms with E-state index in [0.29, 0.717) is 6.42 Å². The van der Waals surface area contributed by atoms with Crippen LogP contribution in [0.4, 0.5) is 18.9 Å². The Morgan fingerprint density at radius 2 is 2.00 bits per heavy atom. The van der Waals surface area contributed by atoms with Gasteiger partial charge in [-0.05, 0) is 18.6 Å². The van der Waals surface area contributed by atoms with Gasteiger partial charge in [-0.15, -0.1) is 0 Å². The third-order valence-corrected chi connectivity index (χ3v) is 2.53. The molecule has 1 rings (SSSR count). The van der Waals surface area contributed by atoms with E-state index in [2.05, 4.69) is 5.32 Å². The molecular formula is C12H15F3N2O. The molecule has 1 aromatic rings. The minimum Gasteiger partial charge on any atom is -0.381 e. The van der Waals surface area contributed by atoms with Crippen LogP contribution < -0.4 is 11.1 Å². The molecular weight excluding hydrogens is 245 g/mol. The number of halogens is 3. The Bertz CT molecular complexity index is 418. The van der Waals surface area contributed by atoms with E-state index in [0.717, 1.165) is 6.07 Å². The van der Waals surface area contributed by atoms with Crippen LogP contribution >= 0.6 is 0 Å². The van der Waals surface area contributed by atoms with Crippen LogP contribution in [0.15, 0.2) is 24.3 Å². The zero-order chi connectivity index (χ0) is 13.8. The van der Waals surface area contributed by atoms with Crippen LogP contribution in [0.5, 0.6) is 0 Å². The van der Waals surface area contributed by atoms with Gasteiger partial charge in [-0.1, -0.05) is 19.1 Å². The van der Waals surface area contributed by atoms with E-state index in [1.54, 1.807) is 6.92 Å². The van der Waals surface area contributed by atoms with Crippen molar-refractivity contribution in [1.29, 1.82) is 0 Å². The summed E-state index contributed by atoms with van der Waals surface area (Å²) in [6.07, 6.45) is -3.91. The summed E-state index contributed by atoms with van der Waals surface area (Å²) in [6.45, 7) is 1.77. The molecule has 3 N–H and O–H groups in total. The highest BCUT2D eigenvalue weighted by Crippen LogP contribution is 2.35. The first-order valence-electron chi connectivity index (χ1n) is 5.55. The van der Waals surface area contributed by atoms with Crippen molar-refractivity contribution in [3.8, 4) is 0 Å². The lowest BCUT2D eigenvalue weighted by molar-refractivity contribution is -0.137. The Labute approximate surface area is 103 Å². The summed E-state index contributed by atoms with van der Waals surface area (Å²) in [5.74, 6) is -0.543. The number of alkyl halides is 3. The molecule has 0 radical (unpaired) electrons. The number of nitrogens with one attached hydrogen (secondary N) is 1. The second kappa shape index (κ2) is 5.75. The summed E-state index contributed by atoms with van der Waals surface area (Å²) in [4.78, 5) is 10.8. The van der Waals surface area contributed by atoms with Crippen molar-refractivity contribution in [3.63, 3.8) is 0 Å². The second-order valence-corrected chi connectivity index (χ2v) is 3.96. The number of carbonyl (C=O) groups is 1. The Hall–Kier alpha value is -1.72. The number of primary amides is 1. The molecule has 18 heavy (non-hydrogen) atoms. The highest BCUT2D eigenvalue weighted by molar-refractivity contribution is 5.75. The molecule has 6 heteroatoms. The van der Waals surface area contributed by atoms with Crippen molar-refractivity contribution < 1.29 is 18.0 Å². The number of nitrogens with two attached hydrogens (primary N) is 1. The summed E-state index contributed by atoms with van der Waals surface area (Å²) in [6, 6.07) is 4.77. The van der Waals surface area contributed by atoms with Crippen LogP contribution in [0.3, 0.4) is 0 Å². The first kappa shape index (κ1) is 14.3. The highest BCUT2D eigenvalue weighted by Gasteiger charge is 2.33. The summed E-state index contributed by atoms with van der Waals surface area (Å²) >= 11 is 0. The maximum atomic E-state index is 12.7. The monoisotopic (exact) mass is 260 g/mol. The van der Waals surface area contributed by atoms with Gasteiger partial charge in [-0.2, -0.15) is 13.2 Å². The van der Waals surface area contributed by atoms with Gasteiger partial charge < -0.3 is 11.1 Å². The molecule has 0 aliphatic rings. The zero-order valence-electron chi connectivity index (χ0n) is 9.92. The van der Waals surface area contributed by atoms with E-state index in [1.807, 2.05) is 0 Å². The van der Waals surface area contributed by atoms with Crippen molar-refractivity contribution in [1.82, 2.24) is 0 Å². The van der Waals surface area contributed by atoms with Crippen molar-refractivity contribution >= 4 is 11.6 Å². The SMILES string of the molecule is CC[C@@H](CC(N)=O)Nc1ccccc1C(F)(F)F. The summed E-state index contributed by atoms with van der Waals surface area (Å²) < 4.78 is 38.2. The fraction of sp³-hybridized carbons (Fsp3) is 0.417. The number of rotatable bonds is 5. The van der Waals surface area contributed by atoms with Gasteiger partial charge in [-0.25, -0.2) is 0 Å². The number of amides is 1. The van der Waals surface area contributed by atoms with Crippen LogP contribution in [-0.4, -0.2) is 11.9 Å². The summed E-state index contributed by atoms with van der Waals surface area (Å²) in [5, 5.41) is 2.71. The Morgan fingerprint density at radius 1 is 1.39 bits per heavy atom. The van der Waals surface area contributed by atoms with Gasteiger partial charge in [-0.3, -0.25) is 4.79 Å². The third kappa shape index (κ3) is 3.94. The molecule has 0 saturated heterocycles. The molecule has 0 aliphatic carbocycles. The Balaban J connectivity index is 2.92. The largest absolute Gasteiger partial charge is 0.418 e. The van der Waals surface area contributed by atoms with Gasteiger partial charge >= 0.3 is 6.18 Å². The molecule has 1 amide bonds. The summed E-state index contributed by atoms with van der Waals surface area (Å²) in [5.41, 5.74) is 4.27. The Kier molecular flexibility index (Phi) is 4.58. The van der Waals surface area contributed by atoms with E-state index in [4.69, 9.17) is 5.73 Å². The minimum atomic E-state index is -4.42. The second-order valence-electron chi connectivity index (χ2n) is 3.96. The van der Waals surface area contributed by atoms with Crippen LogP contribution in [0, 0.1) is 0 Å². The smallest absolute Gasteiger partial charge is 0.381 e. The molecule has 1 atom stereocenters. The third-order valence-electron chi connectivity index (χ3n) is 2.53. The van der Waals surface area contributed by atoms with E-state index in [9.17, 15) is 18.0 Å². The van der Waals surface area contributed by atoms with Gasteiger partial charge in [0, 0.05) is 18.2 Å². The maximum absolute atomic E-state index is 12.7. The quantitative estimate of drug-likeness (QED) is 0.855. The first-order valence-corrected chi connectivity index (χ1v) is 5.55. The molecule has 0 saturated carbocycles. The number of hydrogen-bond donors (Lipinski definition) is 2.